The zero-order valence-electron chi connectivity index (χ0n) is 16.4. The van der Waals surface area contributed by atoms with Crippen LogP contribution in [0.25, 0.3) is 0 Å². The van der Waals surface area contributed by atoms with E-state index in [1.165, 1.54) is 18.9 Å². The third kappa shape index (κ3) is 5.00. The number of para-hydroxylation sites is 1. The standard InChI is InChI=1S/C21H26N2O4/c1-14(2)17-8-6-7-9-19(17)23(15(3)24)13-21(25)22-18-11-10-16(26-4)12-20(18)27-5/h6-12,14H,13H2,1-5H3,(H,22,25). The summed E-state index contributed by atoms with van der Waals surface area (Å²) in [5.41, 5.74) is 2.28. The van der Waals surface area contributed by atoms with Gasteiger partial charge in [-0.05, 0) is 29.7 Å². The van der Waals surface area contributed by atoms with Crippen molar-refractivity contribution < 1.29 is 19.1 Å². The lowest BCUT2D eigenvalue weighted by atomic mass is 10.0. The van der Waals surface area contributed by atoms with Crippen LogP contribution in [-0.4, -0.2) is 32.6 Å². The van der Waals surface area contributed by atoms with E-state index in [1.807, 2.05) is 24.3 Å². The van der Waals surface area contributed by atoms with Crippen LogP contribution >= 0.6 is 0 Å². The van der Waals surface area contributed by atoms with Gasteiger partial charge in [0.05, 0.1) is 19.9 Å². The van der Waals surface area contributed by atoms with Gasteiger partial charge in [0, 0.05) is 18.7 Å². The minimum absolute atomic E-state index is 0.0890. The number of methoxy groups -OCH3 is 2. The van der Waals surface area contributed by atoms with Crippen molar-refractivity contribution in [3.8, 4) is 11.5 Å². The van der Waals surface area contributed by atoms with Gasteiger partial charge in [0.25, 0.3) is 0 Å². The summed E-state index contributed by atoms with van der Waals surface area (Å²) < 4.78 is 10.5. The molecule has 2 aromatic rings. The molecule has 6 nitrogen and oxygen atoms in total. The largest absolute Gasteiger partial charge is 0.497 e. The monoisotopic (exact) mass is 370 g/mol. The van der Waals surface area contributed by atoms with Crippen LogP contribution in [0.4, 0.5) is 11.4 Å². The maximum Gasteiger partial charge on any atom is 0.244 e. The number of rotatable bonds is 7. The number of nitrogens with zero attached hydrogens (tertiary/aromatic N) is 1. The van der Waals surface area contributed by atoms with Crippen molar-refractivity contribution in [3.63, 3.8) is 0 Å². The van der Waals surface area contributed by atoms with Crippen LogP contribution < -0.4 is 19.7 Å². The molecule has 0 spiro atoms. The van der Waals surface area contributed by atoms with Gasteiger partial charge in [0.15, 0.2) is 0 Å². The molecule has 0 heterocycles. The van der Waals surface area contributed by atoms with E-state index in [0.29, 0.717) is 17.2 Å². The molecule has 0 aliphatic rings. The summed E-state index contributed by atoms with van der Waals surface area (Å²) in [6, 6.07) is 12.7. The molecule has 0 saturated heterocycles. The summed E-state index contributed by atoms with van der Waals surface area (Å²) in [6.45, 7) is 5.48. The maximum absolute atomic E-state index is 12.6. The molecule has 2 amide bonds. The maximum atomic E-state index is 12.6. The quantitative estimate of drug-likeness (QED) is 0.804. The Labute approximate surface area is 160 Å². The minimum atomic E-state index is -0.313. The Balaban J connectivity index is 2.23. The van der Waals surface area contributed by atoms with E-state index >= 15 is 0 Å². The smallest absolute Gasteiger partial charge is 0.244 e. The van der Waals surface area contributed by atoms with Gasteiger partial charge in [0.2, 0.25) is 11.8 Å². The summed E-state index contributed by atoms with van der Waals surface area (Å²) in [5.74, 6) is 0.834. The average molecular weight is 370 g/mol. The first-order valence-electron chi connectivity index (χ1n) is 8.76. The number of hydrogen-bond acceptors (Lipinski definition) is 4. The third-order valence-electron chi connectivity index (χ3n) is 4.21. The van der Waals surface area contributed by atoms with Crippen molar-refractivity contribution >= 4 is 23.2 Å². The van der Waals surface area contributed by atoms with Crippen molar-refractivity contribution in [2.75, 3.05) is 31.0 Å². The fourth-order valence-corrected chi connectivity index (χ4v) is 2.82. The van der Waals surface area contributed by atoms with Gasteiger partial charge >= 0.3 is 0 Å². The second-order valence-electron chi connectivity index (χ2n) is 6.43. The van der Waals surface area contributed by atoms with E-state index in [-0.39, 0.29) is 24.3 Å². The molecule has 0 bridgehead atoms. The highest BCUT2D eigenvalue weighted by atomic mass is 16.5. The van der Waals surface area contributed by atoms with E-state index in [4.69, 9.17) is 9.47 Å². The molecule has 0 aromatic heterocycles. The van der Waals surface area contributed by atoms with Gasteiger partial charge in [-0.1, -0.05) is 32.0 Å². The van der Waals surface area contributed by atoms with Crippen LogP contribution in [0.1, 0.15) is 32.3 Å². The third-order valence-corrected chi connectivity index (χ3v) is 4.21. The van der Waals surface area contributed by atoms with Gasteiger partial charge in [-0.2, -0.15) is 0 Å². The Morgan fingerprint density at radius 2 is 1.78 bits per heavy atom. The zero-order chi connectivity index (χ0) is 20.0. The summed E-state index contributed by atoms with van der Waals surface area (Å²) in [5, 5.41) is 2.80. The van der Waals surface area contributed by atoms with Gasteiger partial charge in [-0.25, -0.2) is 0 Å². The summed E-state index contributed by atoms with van der Waals surface area (Å²) in [7, 11) is 3.08. The van der Waals surface area contributed by atoms with E-state index in [2.05, 4.69) is 19.2 Å². The molecule has 0 atom stereocenters. The summed E-state index contributed by atoms with van der Waals surface area (Å²) in [6.07, 6.45) is 0. The van der Waals surface area contributed by atoms with Crippen LogP contribution in [0, 0.1) is 0 Å². The van der Waals surface area contributed by atoms with Crippen LogP contribution in [0.5, 0.6) is 11.5 Å². The average Bonchev–Trinajstić information content (AvgIpc) is 2.66. The van der Waals surface area contributed by atoms with Crippen LogP contribution in [0.3, 0.4) is 0 Å². The van der Waals surface area contributed by atoms with Gasteiger partial charge in [-0.3, -0.25) is 9.59 Å². The molecule has 0 aliphatic carbocycles. The van der Waals surface area contributed by atoms with Crippen LogP contribution in [0.2, 0.25) is 0 Å². The Morgan fingerprint density at radius 1 is 1.07 bits per heavy atom. The number of carbonyl (C=O) groups is 2. The molecule has 2 aromatic carbocycles. The second-order valence-corrected chi connectivity index (χ2v) is 6.43. The first-order chi connectivity index (χ1) is 12.9. The summed E-state index contributed by atoms with van der Waals surface area (Å²) in [4.78, 5) is 26.3. The van der Waals surface area contributed by atoms with Gasteiger partial charge < -0.3 is 19.7 Å². The van der Waals surface area contributed by atoms with Crippen LogP contribution in [-0.2, 0) is 9.59 Å². The molecule has 0 unspecified atom stereocenters. The van der Waals surface area contributed by atoms with E-state index in [0.717, 1.165) is 11.3 Å². The first kappa shape index (κ1) is 20.3. The number of hydrogen-bond donors (Lipinski definition) is 1. The fraction of sp³-hybridized carbons (Fsp3) is 0.333. The molecule has 0 fully saturated rings. The van der Waals surface area contributed by atoms with E-state index in [9.17, 15) is 9.59 Å². The SMILES string of the molecule is COc1ccc(NC(=O)CN(C(C)=O)c2ccccc2C(C)C)c(OC)c1. The molecule has 0 radical (unpaired) electrons. The van der Waals surface area contributed by atoms with Crippen molar-refractivity contribution in [1.82, 2.24) is 0 Å². The lowest BCUT2D eigenvalue weighted by Crippen LogP contribution is -2.37. The molecule has 1 N–H and O–H groups in total. The second kappa shape index (κ2) is 9.07. The predicted molar refractivity (Wildman–Crippen MR) is 107 cm³/mol. The minimum Gasteiger partial charge on any atom is -0.497 e. The topological polar surface area (TPSA) is 67.9 Å². The predicted octanol–water partition coefficient (Wildman–Crippen LogP) is 3.82. The molecular weight excluding hydrogens is 344 g/mol. The lowest BCUT2D eigenvalue weighted by Gasteiger charge is -2.25. The van der Waals surface area contributed by atoms with Crippen molar-refractivity contribution in [3.05, 3.63) is 48.0 Å². The highest BCUT2D eigenvalue weighted by Crippen LogP contribution is 2.30. The number of nitrogens with one attached hydrogen (secondary N) is 1. The number of benzene rings is 2. The number of carbonyl (C=O) groups excluding carboxylic acids is 2. The van der Waals surface area contributed by atoms with Crippen molar-refractivity contribution in [1.29, 1.82) is 0 Å². The van der Waals surface area contributed by atoms with Crippen LogP contribution in [0.15, 0.2) is 42.5 Å². The molecule has 27 heavy (non-hydrogen) atoms. The normalized spacial score (nSPS) is 10.4. The highest BCUT2D eigenvalue weighted by molar-refractivity contribution is 6.02. The number of anilines is 2. The Kier molecular flexibility index (Phi) is 6.82. The van der Waals surface area contributed by atoms with Crippen molar-refractivity contribution in [2.24, 2.45) is 0 Å². The molecule has 6 heteroatoms. The summed E-state index contributed by atoms with van der Waals surface area (Å²) >= 11 is 0. The zero-order valence-corrected chi connectivity index (χ0v) is 16.4. The Morgan fingerprint density at radius 3 is 2.37 bits per heavy atom. The first-order valence-corrected chi connectivity index (χ1v) is 8.76. The molecule has 0 aliphatic heterocycles. The van der Waals surface area contributed by atoms with E-state index in [1.54, 1.807) is 25.3 Å². The molecule has 144 valence electrons. The number of amides is 2. The Bertz CT molecular complexity index is 818. The molecular formula is C21H26N2O4. The van der Waals surface area contributed by atoms with Crippen molar-refractivity contribution in [2.45, 2.75) is 26.7 Å². The van der Waals surface area contributed by atoms with E-state index < -0.39 is 0 Å². The Hall–Kier alpha value is -3.02. The molecule has 2 rings (SSSR count). The highest BCUT2D eigenvalue weighted by Gasteiger charge is 2.20. The lowest BCUT2D eigenvalue weighted by molar-refractivity contribution is -0.120. The van der Waals surface area contributed by atoms with Gasteiger partial charge in [-0.15, -0.1) is 0 Å². The molecule has 0 saturated carbocycles. The van der Waals surface area contributed by atoms with Gasteiger partial charge in [0.1, 0.15) is 18.0 Å². The fourth-order valence-electron chi connectivity index (χ4n) is 2.82. The number of ether oxygens (including phenoxy) is 2.